The SMILES string of the molecule is Cc1ccc(-c2c[nH]c3c2-n2cccc2C3=O)cc1. The molecule has 1 aliphatic rings. The average molecular weight is 248 g/mol. The first-order valence-electron chi connectivity index (χ1n) is 6.26. The first-order chi connectivity index (χ1) is 9.25. The highest BCUT2D eigenvalue weighted by atomic mass is 16.1. The van der Waals surface area contributed by atoms with Crippen LogP contribution in [0.4, 0.5) is 0 Å². The predicted octanol–water partition coefficient (Wildman–Crippen LogP) is 3.33. The molecular formula is C16H12N2O. The van der Waals surface area contributed by atoms with Gasteiger partial charge in [0.2, 0.25) is 5.78 Å². The van der Waals surface area contributed by atoms with Crippen LogP contribution in [0.25, 0.3) is 16.8 Å². The van der Waals surface area contributed by atoms with Crippen molar-refractivity contribution in [1.29, 1.82) is 0 Å². The molecule has 0 amide bonds. The van der Waals surface area contributed by atoms with Gasteiger partial charge in [-0.3, -0.25) is 4.79 Å². The highest BCUT2D eigenvalue weighted by Crippen LogP contribution is 2.36. The number of carbonyl (C=O) groups is 1. The molecule has 1 N–H and O–H groups in total. The topological polar surface area (TPSA) is 37.8 Å². The number of fused-ring (bicyclic) bond motifs is 3. The van der Waals surface area contributed by atoms with E-state index >= 15 is 0 Å². The molecule has 19 heavy (non-hydrogen) atoms. The molecule has 0 atom stereocenters. The Morgan fingerprint density at radius 2 is 1.89 bits per heavy atom. The molecule has 0 saturated heterocycles. The highest BCUT2D eigenvalue weighted by Gasteiger charge is 2.30. The molecular weight excluding hydrogens is 236 g/mol. The molecule has 3 heteroatoms. The van der Waals surface area contributed by atoms with Gasteiger partial charge in [-0.2, -0.15) is 0 Å². The summed E-state index contributed by atoms with van der Waals surface area (Å²) in [6.45, 7) is 2.07. The van der Waals surface area contributed by atoms with Crippen LogP contribution in [0.2, 0.25) is 0 Å². The number of aryl methyl sites for hydroxylation is 1. The monoisotopic (exact) mass is 248 g/mol. The Hall–Kier alpha value is -2.55. The van der Waals surface area contributed by atoms with E-state index in [1.165, 1.54) is 5.56 Å². The zero-order valence-corrected chi connectivity index (χ0v) is 10.5. The van der Waals surface area contributed by atoms with Gasteiger partial charge in [0.15, 0.2) is 0 Å². The lowest BCUT2D eigenvalue weighted by Crippen LogP contribution is -1.96. The zero-order chi connectivity index (χ0) is 13.0. The summed E-state index contributed by atoms with van der Waals surface area (Å²) in [4.78, 5) is 15.3. The second-order valence-electron chi connectivity index (χ2n) is 4.88. The zero-order valence-electron chi connectivity index (χ0n) is 10.5. The number of ketones is 1. The number of aromatic nitrogens is 2. The molecule has 92 valence electrons. The van der Waals surface area contributed by atoms with E-state index in [1.54, 1.807) is 0 Å². The second-order valence-corrected chi connectivity index (χ2v) is 4.88. The molecule has 3 heterocycles. The molecule has 3 nitrogen and oxygen atoms in total. The Morgan fingerprint density at radius 1 is 1.11 bits per heavy atom. The summed E-state index contributed by atoms with van der Waals surface area (Å²) >= 11 is 0. The fourth-order valence-electron chi connectivity index (χ4n) is 2.68. The van der Waals surface area contributed by atoms with Gasteiger partial charge in [0.25, 0.3) is 0 Å². The summed E-state index contributed by atoms with van der Waals surface area (Å²) in [5, 5.41) is 0. The number of hydrogen-bond donors (Lipinski definition) is 1. The van der Waals surface area contributed by atoms with Gasteiger partial charge in [-0.05, 0) is 24.6 Å². The highest BCUT2D eigenvalue weighted by molar-refractivity contribution is 6.14. The van der Waals surface area contributed by atoms with Crippen LogP contribution in [0, 0.1) is 6.92 Å². The maximum atomic E-state index is 12.2. The van der Waals surface area contributed by atoms with Gasteiger partial charge in [-0.15, -0.1) is 0 Å². The van der Waals surface area contributed by atoms with E-state index in [0.717, 1.165) is 22.5 Å². The van der Waals surface area contributed by atoms with Crippen LogP contribution in [0.5, 0.6) is 0 Å². The molecule has 4 rings (SSSR count). The van der Waals surface area contributed by atoms with E-state index in [-0.39, 0.29) is 5.78 Å². The largest absolute Gasteiger partial charge is 0.356 e. The van der Waals surface area contributed by atoms with Crippen LogP contribution in [0.3, 0.4) is 0 Å². The quantitative estimate of drug-likeness (QED) is 0.551. The predicted molar refractivity (Wildman–Crippen MR) is 73.7 cm³/mol. The van der Waals surface area contributed by atoms with Crippen LogP contribution in [0.1, 0.15) is 21.7 Å². The fraction of sp³-hybridized carbons (Fsp3) is 0.0625. The molecule has 0 unspecified atom stereocenters. The van der Waals surface area contributed by atoms with Gasteiger partial charge in [-0.25, -0.2) is 0 Å². The summed E-state index contributed by atoms with van der Waals surface area (Å²) in [6, 6.07) is 12.1. The molecule has 0 saturated carbocycles. The van der Waals surface area contributed by atoms with Crippen LogP contribution in [-0.2, 0) is 0 Å². The normalized spacial score (nSPS) is 12.6. The van der Waals surface area contributed by atoms with Crippen molar-refractivity contribution in [3.05, 3.63) is 65.7 Å². The lowest BCUT2D eigenvalue weighted by Gasteiger charge is -2.04. The summed E-state index contributed by atoms with van der Waals surface area (Å²) in [6.07, 6.45) is 3.85. The van der Waals surface area contributed by atoms with E-state index in [1.807, 2.05) is 29.1 Å². The summed E-state index contributed by atoms with van der Waals surface area (Å²) in [7, 11) is 0. The third-order valence-corrected chi connectivity index (χ3v) is 3.66. The molecule has 0 aliphatic carbocycles. The molecule has 1 aromatic carbocycles. The van der Waals surface area contributed by atoms with Gasteiger partial charge >= 0.3 is 0 Å². The van der Waals surface area contributed by atoms with Crippen LogP contribution in [0.15, 0.2) is 48.8 Å². The average Bonchev–Trinajstić information content (AvgIpc) is 3.08. The van der Waals surface area contributed by atoms with Crippen molar-refractivity contribution in [2.45, 2.75) is 6.92 Å². The number of nitrogens with one attached hydrogen (secondary N) is 1. The fourth-order valence-corrected chi connectivity index (χ4v) is 2.68. The lowest BCUT2D eigenvalue weighted by atomic mass is 10.1. The third kappa shape index (κ3) is 1.30. The number of hydrogen-bond acceptors (Lipinski definition) is 1. The summed E-state index contributed by atoms with van der Waals surface area (Å²) in [5.74, 6) is 0.0679. The molecule has 0 bridgehead atoms. The van der Waals surface area contributed by atoms with Gasteiger partial charge in [-0.1, -0.05) is 29.8 Å². The number of benzene rings is 1. The van der Waals surface area contributed by atoms with E-state index in [0.29, 0.717) is 5.69 Å². The van der Waals surface area contributed by atoms with Gasteiger partial charge < -0.3 is 9.55 Å². The Balaban J connectivity index is 1.97. The molecule has 0 fully saturated rings. The number of H-pyrrole nitrogens is 1. The van der Waals surface area contributed by atoms with E-state index in [9.17, 15) is 4.79 Å². The molecule has 2 aromatic heterocycles. The standard InChI is InChI=1S/C16H12N2O/c1-10-4-6-11(7-5-10)12-9-17-14-15(12)18-8-2-3-13(18)16(14)19/h2-9,17H,1H3. The number of rotatable bonds is 1. The Morgan fingerprint density at radius 3 is 2.68 bits per heavy atom. The van der Waals surface area contributed by atoms with Crippen LogP contribution >= 0.6 is 0 Å². The number of aromatic amines is 1. The van der Waals surface area contributed by atoms with Crippen LogP contribution < -0.4 is 0 Å². The number of carbonyl (C=O) groups excluding carboxylic acids is 1. The maximum absolute atomic E-state index is 12.2. The smallest absolute Gasteiger partial charge is 0.228 e. The van der Waals surface area contributed by atoms with Crippen molar-refractivity contribution in [2.75, 3.05) is 0 Å². The summed E-state index contributed by atoms with van der Waals surface area (Å²) in [5.41, 5.74) is 5.81. The minimum atomic E-state index is 0.0679. The number of nitrogens with zero attached hydrogens (tertiary/aromatic N) is 1. The minimum absolute atomic E-state index is 0.0679. The second kappa shape index (κ2) is 3.48. The Labute approximate surface area is 110 Å². The molecule has 0 radical (unpaired) electrons. The van der Waals surface area contributed by atoms with Crippen molar-refractivity contribution >= 4 is 5.78 Å². The molecule has 0 spiro atoms. The maximum Gasteiger partial charge on any atom is 0.228 e. The molecule has 3 aromatic rings. The lowest BCUT2D eigenvalue weighted by molar-refractivity contribution is 0.103. The van der Waals surface area contributed by atoms with Crippen LogP contribution in [-0.4, -0.2) is 15.3 Å². The van der Waals surface area contributed by atoms with E-state index in [2.05, 4.69) is 36.2 Å². The Kier molecular flexibility index (Phi) is 1.90. The first-order valence-corrected chi connectivity index (χ1v) is 6.26. The van der Waals surface area contributed by atoms with Crippen molar-refractivity contribution in [2.24, 2.45) is 0 Å². The van der Waals surface area contributed by atoms with Crippen molar-refractivity contribution in [3.63, 3.8) is 0 Å². The van der Waals surface area contributed by atoms with E-state index in [4.69, 9.17) is 0 Å². The minimum Gasteiger partial charge on any atom is -0.356 e. The van der Waals surface area contributed by atoms with E-state index < -0.39 is 0 Å². The first kappa shape index (κ1) is 10.4. The third-order valence-electron chi connectivity index (χ3n) is 3.66. The molecule has 1 aliphatic heterocycles. The summed E-state index contributed by atoms with van der Waals surface area (Å²) < 4.78 is 1.96. The van der Waals surface area contributed by atoms with Gasteiger partial charge in [0.05, 0.1) is 11.4 Å². The van der Waals surface area contributed by atoms with Crippen molar-refractivity contribution in [3.8, 4) is 16.8 Å². The van der Waals surface area contributed by atoms with Gasteiger partial charge in [0, 0.05) is 18.0 Å². The van der Waals surface area contributed by atoms with Crippen molar-refractivity contribution < 1.29 is 4.79 Å². The van der Waals surface area contributed by atoms with Gasteiger partial charge in [0.1, 0.15) is 5.69 Å². The van der Waals surface area contributed by atoms with Crippen molar-refractivity contribution in [1.82, 2.24) is 9.55 Å². The Bertz CT molecular complexity index is 791.